The molecule has 11 aromatic rings. The second-order valence-corrected chi connectivity index (χ2v) is 15.6. The van der Waals surface area contributed by atoms with E-state index in [1.807, 2.05) is 0 Å². The number of nitrogens with zero attached hydrogens (tertiary/aromatic N) is 1. The summed E-state index contributed by atoms with van der Waals surface area (Å²) in [4.78, 5) is 2.43. The molecule has 1 heteroatoms. The summed E-state index contributed by atoms with van der Waals surface area (Å²) in [6, 6.07) is 82.7. The van der Waals surface area contributed by atoms with E-state index >= 15 is 0 Å². The van der Waals surface area contributed by atoms with E-state index in [-0.39, 0.29) is 0 Å². The zero-order valence-electron chi connectivity index (χ0n) is 32.3. The molecule has 1 aliphatic rings. The fourth-order valence-corrected chi connectivity index (χ4v) is 9.70. The quantitative estimate of drug-likeness (QED) is 0.162. The average Bonchev–Trinajstić information content (AvgIpc) is 3.43. The molecule has 0 bridgehead atoms. The summed E-state index contributed by atoms with van der Waals surface area (Å²) in [6.07, 6.45) is 0. The Morgan fingerprint density at radius 1 is 0.203 bits per heavy atom. The number of hydrogen-bond acceptors (Lipinski definition) is 1. The second-order valence-electron chi connectivity index (χ2n) is 15.6. The van der Waals surface area contributed by atoms with E-state index in [2.05, 4.69) is 229 Å². The van der Waals surface area contributed by atoms with Gasteiger partial charge in [-0.05, 0) is 130 Å². The van der Waals surface area contributed by atoms with Gasteiger partial charge in [0.25, 0.3) is 0 Å². The van der Waals surface area contributed by atoms with Crippen LogP contribution in [0.15, 0.2) is 224 Å². The van der Waals surface area contributed by atoms with Gasteiger partial charge in [0.15, 0.2) is 0 Å². The minimum Gasteiger partial charge on any atom is -0.309 e. The molecule has 0 unspecified atom stereocenters. The first-order valence-corrected chi connectivity index (χ1v) is 20.4. The normalized spacial score (nSPS) is 12.0. The summed E-state index contributed by atoms with van der Waals surface area (Å²) in [6.45, 7) is 0. The van der Waals surface area contributed by atoms with Gasteiger partial charge in [0, 0.05) is 16.8 Å². The van der Waals surface area contributed by atoms with E-state index in [9.17, 15) is 0 Å². The lowest BCUT2D eigenvalue weighted by atomic mass is 9.88. The summed E-state index contributed by atoms with van der Waals surface area (Å²) in [7, 11) is 0. The van der Waals surface area contributed by atoms with E-state index in [0.717, 1.165) is 11.4 Å². The maximum Gasteiger partial charge on any atom is 0.0540 e. The number of para-hydroxylation sites is 2. The predicted octanol–water partition coefficient (Wildman–Crippen LogP) is 16.4. The molecule has 0 aliphatic carbocycles. The Kier molecular flexibility index (Phi) is 7.61. The van der Waals surface area contributed by atoms with Crippen LogP contribution in [-0.2, 0) is 0 Å². The first kappa shape index (κ1) is 33.4. The molecule has 0 atom stereocenters. The summed E-state index contributed by atoms with van der Waals surface area (Å²) in [5, 5.41) is 10.2. The third kappa shape index (κ3) is 5.33. The maximum absolute atomic E-state index is 2.43. The van der Waals surface area contributed by atoms with Gasteiger partial charge in [-0.2, -0.15) is 0 Å². The molecule has 0 amide bonds. The van der Waals surface area contributed by atoms with Crippen LogP contribution in [0.5, 0.6) is 0 Å². The van der Waals surface area contributed by atoms with Crippen LogP contribution in [0.2, 0.25) is 0 Å². The van der Waals surface area contributed by atoms with Crippen molar-refractivity contribution in [2.24, 2.45) is 0 Å². The van der Waals surface area contributed by atoms with E-state index in [1.54, 1.807) is 0 Å². The molecule has 0 radical (unpaired) electrons. The third-order valence-corrected chi connectivity index (χ3v) is 12.4. The molecule has 1 nitrogen and oxygen atoms in total. The molecular formula is C58H37N. The van der Waals surface area contributed by atoms with Crippen LogP contribution in [0.3, 0.4) is 0 Å². The van der Waals surface area contributed by atoms with Gasteiger partial charge in [0.05, 0.1) is 11.4 Å². The van der Waals surface area contributed by atoms with Gasteiger partial charge in [-0.3, -0.25) is 0 Å². The van der Waals surface area contributed by atoms with Gasteiger partial charge >= 0.3 is 0 Å². The van der Waals surface area contributed by atoms with Crippen molar-refractivity contribution < 1.29 is 0 Å². The predicted molar refractivity (Wildman–Crippen MR) is 252 cm³/mol. The standard InChI is InChI=1S/C58H37N/c1-3-15-38(16-4-1)39-29-32-52-53-23-11-12-28-57(53)59(42-17-5-2-6-18-42)58-34-31-41(37-56(58)55(52)35-39)44-25-14-26-45-43(24-13-27-46(44)45)40-30-33-51-49-21-8-7-19-47(49)48-20-9-10-22-50(48)54(51)36-40/h1-37H. The Morgan fingerprint density at radius 2 is 0.678 bits per heavy atom. The highest BCUT2D eigenvalue weighted by atomic mass is 15.1. The molecule has 1 heterocycles. The first-order valence-electron chi connectivity index (χ1n) is 20.4. The number of fused-ring (bicyclic) bond motifs is 12. The van der Waals surface area contributed by atoms with Crippen molar-refractivity contribution in [2.45, 2.75) is 0 Å². The minimum absolute atomic E-state index is 1.14. The number of benzene rings is 11. The summed E-state index contributed by atoms with van der Waals surface area (Å²) < 4.78 is 0. The van der Waals surface area contributed by atoms with E-state index in [0.29, 0.717) is 0 Å². The van der Waals surface area contributed by atoms with Crippen LogP contribution >= 0.6 is 0 Å². The molecule has 0 aromatic heterocycles. The average molecular weight is 748 g/mol. The molecule has 0 saturated carbocycles. The summed E-state index contributed by atoms with van der Waals surface area (Å²) >= 11 is 0. The SMILES string of the molecule is c1ccc(-c2ccc3c(c2)-c2cc(-c4cccc5c(-c6ccc7c8ccccc8c8ccccc8c7c6)cccc45)ccc2N(c2ccccc2)c2ccccc2-3)cc1. The number of rotatable bonds is 4. The van der Waals surface area contributed by atoms with Gasteiger partial charge < -0.3 is 4.90 Å². The van der Waals surface area contributed by atoms with Gasteiger partial charge in [0.1, 0.15) is 0 Å². The summed E-state index contributed by atoms with van der Waals surface area (Å²) in [5.41, 5.74) is 15.6. The topological polar surface area (TPSA) is 3.24 Å². The van der Waals surface area contributed by atoms with Gasteiger partial charge in [-0.25, -0.2) is 0 Å². The fraction of sp³-hybridized carbons (Fsp3) is 0. The third-order valence-electron chi connectivity index (χ3n) is 12.4. The number of anilines is 3. The molecule has 0 N–H and O–H groups in total. The molecule has 12 rings (SSSR count). The van der Waals surface area contributed by atoms with Crippen molar-refractivity contribution >= 4 is 60.2 Å². The van der Waals surface area contributed by atoms with E-state index < -0.39 is 0 Å². The lowest BCUT2D eigenvalue weighted by Crippen LogP contribution is -2.10. The maximum atomic E-state index is 2.43. The molecule has 11 aromatic carbocycles. The second kappa shape index (κ2) is 13.4. The Labute approximate surface area is 343 Å². The Morgan fingerprint density at radius 3 is 1.37 bits per heavy atom. The largest absolute Gasteiger partial charge is 0.309 e. The van der Waals surface area contributed by atoms with Crippen molar-refractivity contribution in [1.82, 2.24) is 0 Å². The van der Waals surface area contributed by atoms with Crippen LogP contribution in [0.4, 0.5) is 17.1 Å². The zero-order chi connectivity index (χ0) is 38.9. The van der Waals surface area contributed by atoms with Crippen LogP contribution < -0.4 is 4.90 Å². The van der Waals surface area contributed by atoms with Crippen molar-refractivity contribution in [3.8, 4) is 55.6 Å². The molecule has 0 saturated heterocycles. The van der Waals surface area contributed by atoms with Gasteiger partial charge in [-0.15, -0.1) is 0 Å². The van der Waals surface area contributed by atoms with Crippen LogP contribution in [0, 0.1) is 0 Å². The molecule has 0 fully saturated rings. The van der Waals surface area contributed by atoms with E-state index in [1.165, 1.54) is 104 Å². The highest BCUT2D eigenvalue weighted by Gasteiger charge is 2.27. The summed E-state index contributed by atoms with van der Waals surface area (Å²) in [5.74, 6) is 0. The highest BCUT2D eigenvalue weighted by Crippen LogP contribution is 2.52. The molecular weight excluding hydrogens is 711 g/mol. The van der Waals surface area contributed by atoms with Crippen LogP contribution in [0.1, 0.15) is 0 Å². The first-order chi connectivity index (χ1) is 29.3. The Hall–Kier alpha value is -7.74. The van der Waals surface area contributed by atoms with Crippen molar-refractivity contribution in [2.75, 3.05) is 4.90 Å². The Bertz CT molecular complexity index is 3400. The lowest BCUT2D eigenvalue weighted by Gasteiger charge is -2.27. The van der Waals surface area contributed by atoms with E-state index in [4.69, 9.17) is 0 Å². The molecule has 0 spiro atoms. The minimum atomic E-state index is 1.14. The lowest BCUT2D eigenvalue weighted by molar-refractivity contribution is 1.29. The zero-order valence-corrected chi connectivity index (χ0v) is 32.3. The van der Waals surface area contributed by atoms with Crippen molar-refractivity contribution in [1.29, 1.82) is 0 Å². The van der Waals surface area contributed by atoms with Gasteiger partial charge in [-0.1, -0.05) is 182 Å². The van der Waals surface area contributed by atoms with Crippen molar-refractivity contribution in [3.63, 3.8) is 0 Å². The Balaban J connectivity index is 1.07. The fourth-order valence-electron chi connectivity index (χ4n) is 9.70. The van der Waals surface area contributed by atoms with Crippen LogP contribution in [0.25, 0.3) is 98.7 Å². The smallest absolute Gasteiger partial charge is 0.0540 e. The molecule has 274 valence electrons. The van der Waals surface area contributed by atoms with Crippen LogP contribution in [-0.4, -0.2) is 0 Å². The van der Waals surface area contributed by atoms with Gasteiger partial charge in [0.2, 0.25) is 0 Å². The monoisotopic (exact) mass is 747 g/mol. The molecule has 1 aliphatic heterocycles. The molecule has 59 heavy (non-hydrogen) atoms. The highest BCUT2D eigenvalue weighted by molar-refractivity contribution is 6.26. The number of hydrogen-bond donors (Lipinski definition) is 0. The van der Waals surface area contributed by atoms with Crippen molar-refractivity contribution in [3.05, 3.63) is 224 Å².